The standard InChI is InChI=1S/C18H18ClNO5S/c1-11(18(23)20-12-3-5-13(24-2)6-4-12)25-17(22)10-7-14(21)15-8-9-16(19)26-15/h3-6,8-9,11H,7,10H2,1-2H3,(H,20,23)/t11-/m1/s1. The van der Waals surface area contributed by atoms with Crippen LogP contribution in [0.4, 0.5) is 5.69 Å². The summed E-state index contributed by atoms with van der Waals surface area (Å²) in [5.74, 6) is -0.591. The number of benzene rings is 1. The maximum absolute atomic E-state index is 12.1. The van der Waals surface area contributed by atoms with Crippen LogP contribution in [0.2, 0.25) is 4.34 Å². The normalized spacial score (nSPS) is 11.5. The van der Waals surface area contributed by atoms with Gasteiger partial charge in [-0.1, -0.05) is 11.6 Å². The zero-order valence-electron chi connectivity index (χ0n) is 14.3. The second-order valence-electron chi connectivity index (χ2n) is 5.38. The van der Waals surface area contributed by atoms with Crippen molar-refractivity contribution >= 4 is 46.3 Å². The highest BCUT2D eigenvalue weighted by molar-refractivity contribution is 7.18. The lowest BCUT2D eigenvalue weighted by Gasteiger charge is -2.13. The zero-order chi connectivity index (χ0) is 19.1. The average molecular weight is 396 g/mol. The fourth-order valence-corrected chi connectivity index (χ4v) is 3.04. The molecule has 0 bridgehead atoms. The Morgan fingerprint density at radius 3 is 2.38 bits per heavy atom. The van der Waals surface area contributed by atoms with Gasteiger partial charge in [0.1, 0.15) is 5.75 Å². The highest BCUT2D eigenvalue weighted by atomic mass is 35.5. The first kappa shape index (κ1) is 19.9. The molecule has 26 heavy (non-hydrogen) atoms. The van der Waals surface area contributed by atoms with E-state index in [0.717, 1.165) is 11.3 Å². The van der Waals surface area contributed by atoms with Gasteiger partial charge in [0.2, 0.25) is 0 Å². The number of thiophene rings is 1. The summed E-state index contributed by atoms with van der Waals surface area (Å²) in [5.41, 5.74) is 0.559. The van der Waals surface area contributed by atoms with Gasteiger partial charge in [-0.05, 0) is 43.3 Å². The van der Waals surface area contributed by atoms with E-state index < -0.39 is 18.0 Å². The van der Waals surface area contributed by atoms with Crippen molar-refractivity contribution in [2.45, 2.75) is 25.9 Å². The number of nitrogens with one attached hydrogen (secondary N) is 1. The summed E-state index contributed by atoms with van der Waals surface area (Å²) in [6, 6.07) is 10.0. The molecule has 1 atom stereocenters. The average Bonchev–Trinajstić information content (AvgIpc) is 3.06. The first-order valence-electron chi connectivity index (χ1n) is 7.82. The van der Waals surface area contributed by atoms with E-state index in [1.165, 1.54) is 6.92 Å². The van der Waals surface area contributed by atoms with Crippen molar-refractivity contribution in [3.63, 3.8) is 0 Å². The molecule has 8 heteroatoms. The molecule has 0 saturated heterocycles. The van der Waals surface area contributed by atoms with Crippen LogP contribution in [0.3, 0.4) is 0 Å². The van der Waals surface area contributed by atoms with Crippen molar-refractivity contribution in [3.8, 4) is 5.75 Å². The minimum atomic E-state index is -0.976. The van der Waals surface area contributed by atoms with Crippen LogP contribution in [0.1, 0.15) is 29.4 Å². The molecular formula is C18H18ClNO5S. The highest BCUT2D eigenvalue weighted by Crippen LogP contribution is 2.23. The number of carbonyl (C=O) groups excluding carboxylic acids is 3. The number of esters is 1. The van der Waals surface area contributed by atoms with Gasteiger partial charge in [0, 0.05) is 12.1 Å². The Hall–Kier alpha value is -2.38. The number of hydrogen-bond donors (Lipinski definition) is 1. The molecular weight excluding hydrogens is 378 g/mol. The van der Waals surface area contributed by atoms with Crippen molar-refractivity contribution < 1.29 is 23.9 Å². The number of amides is 1. The Kier molecular flexibility index (Phi) is 7.17. The lowest BCUT2D eigenvalue weighted by atomic mass is 10.2. The van der Waals surface area contributed by atoms with Gasteiger partial charge < -0.3 is 14.8 Å². The third kappa shape index (κ3) is 5.86. The lowest BCUT2D eigenvalue weighted by molar-refractivity contribution is -0.153. The molecule has 2 rings (SSSR count). The van der Waals surface area contributed by atoms with E-state index in [-0.39, 0.29) is 18.6 Å². The van der Waals surface area contributed by atoms with Crippen molar-refractivity contribution in [1.29, 1.82) is 0 Å². The number of methoxy groups -OCH3 is 1. The van der Waals surface area contributed by atoms with E-state index in [9.17, 15) is 14.4 Å². The monoisotopic (exact) mass is 395 g/mol. The molecule has 1 N–H and O–H groups in total. The Labute approximate surface area is 160 Å². The first-order valence-corrected chi connectivity index (χ1v) is 9.01. The number of ketones is 1. The lowest BCUT2D eigenvalue weighted by Crippen LogP contribution is -2.30. The molecule has 1 aromatic heterocycles. The number of hydrogen-bond acceptors (Lipinski definition) is 6. The van der Waals surface area contributed by atoms with Gasteiger partial charge in [-0.25, -0.2) is 0 Å². The summed E-state index contributed by atoms with van der Waals surface area (Å²) in [4.78, 5) is 36.3. The Balaban J connectivity index is 1.78. The quantitative estimate of drug-likeness (QED) is 0.540. The summed E-state index contributed by atoms with van der Waals surface area (Å²) in [5, 5.41) is 2.64. The van der Waals surface area contributed by atoms with Crippen LogP contribution in [-0.2, 0) is 14.3 Å². The SMILES string of the molecule is COc1ccc(NC(=O)[C@@H](C)OC(=O)CCC(=O)c2ccc(Cl)s2)cc1. The summed E-state index contributed by atoms with van der Waals surface area (Å²) in [7, 11) is 1.55. The maximum Gasteiger partial charge on any atom is 0.307 e. The molecule has 0 aliphatic heterocycles. The topological polar surface area (TPSA) is 81.7 Å². The second-order valence-corrected chi connectivity index (χ2v) is 7.09. The maximum atomic E-state index is 12.1. The first-order chi connectivity index (χ1) is 12.4. The zero-order valence-corrected chi connectivity index (χ0v) is 15.9. The third-order valence-electron chi connectivity index (χ3n) is 3.44. The van der Waals surface area contributed by atoms with Crippen molar-refractivity contribution in [2.75, 3.05) is 12.4 Å². The molecule has 0 radical (unpaired) electrons. The van der Waals surface area contributed by atoms with Gasteiger partial charge in [0.15, 0.2) is 11.9 Å². The minimum absolute atomic E-state index is 0.00247. The smallest absolute Gasteiger partial charge is 0.307 e. The fourth-order valence-electron chi connectivity index (χ4n) is 2.03. The van der Waals surface area contributed by atoms with Crippen LogP contribution in [0.5, 0.6) is 5.75 Å². The van der Waals surface area contributed by atoms with Crippen LogP contribution < -0.4 is 10.1 Å². The Morgan fingerprint density at radius 2 is 1.81 bits per heavy atom. The summed E-state index contributed by atoms with van der Waals surface area (Å²) in [6.45, 7) is 1.47. The van der Waals surface area contributed by atoms with E-state index in [1.54, 1.807) is 43.5 Å². The second kappa shape index (κ2) is 9.35. The van der Waals surface area contributed by atoms with Crippen LogP contribution in [0, 0.1) is 0 Å². The van der Waals surface area contributed by atoms with Crippen LogP contribution in [0.25, 0.3) is 0 Å². The fraction of sp³-hybridized carbons (Fsp3) is 0.278. The van der Waals surface area contributed by atoms with E-state index in [4.69, 9.17) is 21.1 Å². The molecule has 0 spiro atoms. The van der Waals surface area contributed by atoms with Gasteiger partial charge in [-0.3, -0.25) is 14.4 Å². The molecule has 0 aliphatic carbocycles. The van der Waals surface area contributed by atoms with Crippen LogP contribution in [-0.4, -0.2) is 30.9 Å². The molecule has 0 unspecified atom stereocenters. The van der Waals surface area contributed by atoms with Crippen LogP contribution in [0.15, 0.2) is 36.4 Å². The van der Waals surface area contributed by atoms with Crippen LogP contribution >= 0.6 is 22.9 Å². The van der Waals surface area contributed by atoms with Gasteiger partial charge in [-0.2, -0.15) is 0 Å². The molecule has 2 aromatic rings. The number of anilines is 1. The largest absolute Gasteiger partial charge is 0.497 e. The molecule has 1 amide bonds. The van der Waals surface area contributed by atoms with Crippen molar-refractivity contribution in [3.05, 3.63) is 45.6 Å². The number of carbonyl (C=O) groups is 3. The van der Waals surface area contributed by atoms with E-state index >= 15 is 0 Å². The highest BCUT2D eigenvalue weighted by Gasteiger charge is 2.19. The molecule has 6 nitrogen and oxygen atoms in total. The number of rotatable bonds is 8. The third-order valence-corrected chi connectivity index (χ3v) is 4.71. The summed E-state index contributed by atoms with van der Waals surface area (Å²) in [6.07, 6.45) is -1.08. The molecule has 1 heterocycles. The molecule has 1 aromatic carbocycles. The summed E-state index contributed by atoms with van der Waals surface area (Å²) < 4.78 is 10.6. The summed E-state index contributed by atoms with van der Waals surface area (Å²) >= 11 is 6.94. The number of Topliss-reactive ketones (excluding diaryl/α,β-unsaturated/α-hetero) is 1. The van der Waals surface area contributed by atoms with Gasteiger partial charge >= 0.3 is 5.97 Å². The van der Waals surface area contributed by atoms with Crippen molar-refractivity contribution in [1.82, 2.24) is 0 Å². The van der Waals surface area contributed by atoms with E-state index in [1.807, 2.05) is 0 Å². The Morgan fingerprint density at radius 1 is 1.12 bits per heavy atom. The predicted octanol–water partition coefficient (Wildman–Crippen LogP) is 3.94. The minimum Gasteiger partial charge on any atom is -0.497 e. The Bertz CT molecular complexity index is 787. The van der Waals surface area contributed by atoms with Gasteiger partial charge in [0.05, 0.1) is 22.7 Å². The van der Waals surface area contributed by atoms with E-state index in [0.29, 0.717) is 20.7 Å². The van der Waals surface area contributed by atoms with Gasteiger partial charge in [0.25, 0.3) is 5.91 Å². The van der Waals surface area contributed by atoms with E-state index in [2.05, 4.69) is 5.32 Å². The number of ether oxygens (including phenoxy) is 2. The molecule has 0 aliphatic rings. The van der Waals surface area contributed by atoms with Gasteiger partial charge in [-0.15, -0.1) is 11.3 Å². The number of halogens is 1. The van der Waals surface area contributed by atoms with Crippen molar-refractivity contribution in [2.24, 2.45) is 0 Å². The molecule has 138 valence electrons. The predicted molar refractivity (Wildman–Crippen MR) is 100 cm³/mol. The molecule has 0 saturated carbocycles. The molecule has 0 fully saturated rings.